The summed E-state index contributed by atoms with van der Waals surface area (Å²) in [5, 5.41) is 2.69. The lowest BCUT2D eigenvalue weighted by Gasteiger charge is -2.18. The van der Waals surface area contributed by atoms with Crippen LogP contribution in [0, 0.1) is 12.8 Å². The minimum atomic E-state index is -1.28. The summed E-state index contributed by atoms with van der Waals surface area (Å²) in [5.74, 6) is -0.221. The third-order valence-corrected chi connectivity index (χ3v) is 4.59. The van der Waals surface area contributed by atoms with Crippen molar-refractivity contribution in [2.75, 3.05) is 19.7 Å². The Labute approximate surface area is 140 Å². The van der Waals surface area contributed by atoms with Gasteiger partial charge in [-0.25, -0.2) is 4.39 Å². The van der Waals surface area contributed by atoms with E-state index in [-0.39, 0.29) is 24.9 Å². The fourth-order valence-electron chi connectivity index (χ4n) is 3.19. The number of hydrogen-bond acceptors (Lipinski definition) is 4. The van der Waals surface area contributed by atoms with Crippen molar-refractivity contribution in [3.05, 3.63) is 29.6 Å². The van der Waals surface area contributed by atoms with Crippen LogP contribution in [0.5, 0.6) is 0 Å². The van der Waals surface area contributed by atoms with E-state index in [9.17, 15) is 14.0 Å². The predicted octanol–water partition coefficient (Wildman–Crippen LogP) is 1.09. The maximum Gasteiger partial charge on any atom is 0.255 e. The van der Waals surface area contributed by atoms with Crippen LogP contribution in [0.2, 0.25) is 0 Å². The molecule has 0 radical (unpaired) electrons. The molecule has 2 amide bonds. The van der Waals surface area contributed by atoms with Crippen molar-refractivity contribution in [1.82, 2.24) is 15.2 Å². The first kappa shape index (κ1) is 16.8. The Bertz CT molecular complexity index is 639. The third kappa shape index (κ3) is 3.40. The first-order chi connectivity index (χ1) is 11.5. The van der Waals surface area contributed by atoms with E-state index in [0.29, 0.717) is 30.2 Å². The molecule has 2 aliphatic heterocycles. The molecule has 7 heteroatoms. The van der Waals surface area contributed by atoms with E-state index in [1.807, 2.05) is 6.92 Å². The van der Waals surface area contributed by atoms with Crippen LogP contribution in [-0.4, -0.2) is 59.7 Å². The van der Waals surface area contributed by atoms with Gasteiger partial charge in [0.2, 0.25) is 5.91 Å². The van der Waals surface area contributed by atoms with Crippen molar-refractivity contribution in [3.8, 4) is 0 Å². The highest BCUT2D eigenvalue weighted by Gasteiger charge is 2.39. The fraction of sp³-hybridized carbons (Fsp3) is 0.588. The molecule has 130 valence electrons. The smallest absolute Gasteiger partial charge is 0.255 e. The largest absolute Gasteiger partial charge is 0.368 e. The van der Waals surface area contributed by atoms with Gasteiger partial charge in [-0.2, -0.15) is 0 Å². The number of pyridine rings is 1. The number of nitrogens with one attached hydrogen (secondary N) is 1. The highest BCUT2D eigenvalue weighted by atomic mass is 19.1. The van der Waals surface area contributed by atoms with Crippen molar-refractivity contribution in [1.29, 1.82) is 0 Å². The molecule has 0 aromatic carbocycles. The standard InChI is InChI=1S/C17H22FN3O3/c1-10-6-15(24-9-10)16(22)20-14-8-21(7-13(14)18)17(23)12-4-3-5-19-11(12)2/h3-5,10,13-15H,6-9H2,1-2H3,(H,20,22)/t10?,13-,14+,15?/m0/s1. The number of aryl methyl sites for hydroxylation is 1. The van der Waals surface area contributed by atoms with Crippen molar-refractivity contribution in [2.45, 2.75) is 38.6 Å². The van der Waals surface area contributed by atoms with Crippen LogP contribution >= 0.6 is 0 Å². The second-order valence-electron chi connectivity index (χ2n) is 6.64. The molecule has 0 aliphatic carbocycles. The molecule has 2 fully saturated rings. The van der Waals surface area contributed by atoms with Gasteiger partial charge in [-0.3, -0.25) is 14.6 Å². The number of halogens is 1. The Balaban J connectivity index is 1.61. The van der Waals surface area contributed by atoms with Crippen LogP contribution in [0.25, 0.3) is 0 Å². The molecule has 3 rings (SSSR count). The number of likely N-dealkylation sites (tertiary alicyclic amines) is 1. The van der Waals surface area contributed by atoms with E-state index < -0.39 is 18.3 Å². The van der Waals surface area contributed by atoms with Crippen LogP contribution in [0.3, 0.4) is 0 Å². The molecule has 0 saturated carbocycles. The summed E-state index contributed by atoms with van der Waals surface area (Å²) in [6.45, 7) is 4.43. The first-order valence-corrected chi connectivity index (χ1v) is 8.22. The lowest BCUT2D eigenvalue weighted by molar-refractivity contribution is -0.131. The van der Waals surface area contributed by atoms with Crippen molar-refractivity contribution in [3.63, 3.8) is 0 Å². The van der Waals surface area contributed by atoms with Crippen LogP contribution in [0.4, 0.5) is 4.39 Å². The average molecular weight is 335 g/mol. The second kappa shape index (κ2) is 6.84. The fourth-order valence-corrected chi connectivity index (χ4v) is 3.19. The Morgan fingerprint density at radius 3 is 2.88 bits per heavy atom. The van der Waals surface area contributed by atoms with E-state index in [2.05, 4.69) is 10.3 Å². The molecule has 1 aromatic heterocycles. The average Bonchev–Trinajstić information content (AvgIpc) is 3.14. The molecular weight excluding hydrogens is 313 g/mol. The number of alkyl halides is 1. The molecule has 1 N–H and O–H groups in total. The number of aromatic nitrogens is 1. The van der Waals surface area contributed by atoms with Gasteiger partial charge in [0.1, 0.15) is 12.3 Å². The van der Waals surface area contributed by atoms with Crippen molar-refractivity contribution >= 4 is 11.8 Å². The predicted molar refractivity (Wildman–Crippen MR) is 85.2 cm³/mol. The Morgan fingerprint density at radius 2 is 2.21 bits per heavy atom. The number of ether oxygens (including phenoxy) is 1. The second-order valence-corrected chi connectivity index (χ2v) is 6.64. The molecule has 4 atom stereocenters. The van der Waals surface area contributed by atoms with Crippen LogP contribution in [0.15, 0.2) is 18.3 Å². The number of rotatable bonds is 3. The first-order valence-electron chi connectivity index (χ1n) is 8.22. The molecule has 0 spiro atoms. The molecule has 2 unspecified atom stereocenters. The highest BCUT2D eigenvalue weighted by molar-refractivity contribution is 5.95. The van der Waals surface area contributed by atoms with Gasteiger partial charge in [0.05, 0.1) is 24.8 Å². The monoisotopic (exact) mass is 335 g/mol. The van der Waals surface area contributed by atoms with E-state index in [1.54, 1.807) is 25.3 Å². The summed E-state index contributed by atoms with van der Waals surface area (Å²) in [7, 11) is 0. The summed E-state index contributed by atoms with van der Waals surface area (Å²) in [6, 6.07) is 2.66. The summed E-state index contributed by atoms with van der Waals surface area (Å²) < 4.78 is 19.7. The van der Waals surface area contributed by atoms with E-state index in [1.165, 1.54) is 4.90 Å². The molecule has 1 aromatic rings. The van der Waals surface area contributed by atoms with Crippen LogP contribution < -0.4 is 5.32 Å². The van der Waals surface area contributed by atoms with Gasteiger partial charge in [0, 0.05) is 18.4 Å². The quantitative estimate of drug-likeness (QED) is 0.898. The maximum atomic E-state index is 14.3. The van der Waals surface area contributed by atoms with E-state index in [0.717, 1.165) is 0 Å². The Kier molecular flexibility index (Phi) is 4.80. The van der Waals surface area contributed by atoms with Crippen molar-refractivity contribution < 1.29 is 18.7 Å². The summed E-state index contributed by atoms with van der Waals surface area (Å²) >= 11 is 0. The molecule has 3 heterocycles. The summed E-state index contributed by atoms with van der Waals surface area (Å²) in [6.07, 6.45) is 0.457. The van der Waals surface area contributed by atoms with Gasteiger partial charge in [0.25, 0.3) is 5.91 Å². The van der Waals surface area contributed by atoms with Gasteiger partial charge in [-0.1, -0.05) is 6.92 Å². The zero-order valence-corrected chi connectivity index (χ0v) is 13.9. The molecule has 2 saturated heterocycles. The van der Waals surface area contributed by atoms with E-state index >= 15 is 0 Å². The summed E-state index contributed by atoms with van der Waals surface area (Å²) in [5.41, 5.74) is 1.07. The van der Waals surface area contributed by atoms with E-state index in [4.69, 9.17) is 4.74 Å². The minimum absolute atomic E-state index is 0.0277. The number of hydrogen-bond donors (Lipinski definition) is 1. The van der Waals surface area contributed by atoms with Gasteiger partial charge >= 0.3 is 0 Å². The molecule has 0 bridgehead atoms. The zero-order chi connectivity index (χ0) is 17.3. The number of amides is 2. The number of carbonyl (C=O) groups excluding carboxylic acids is 2. The van der Waals surface area contributed by atoms with Gasteiger partial charge in [-0.15, -0.1) is 0 Å². The Morgan fingerprint density at radius 1 is 1.42 bits per heavy atom. The minimum Gasteiger partial charge on any atom is -0.368 e. The van der Waals surface area contributed by atoms with Gasteiger partial charge < -0.3 is 15.0 Å². The zero-order valence-electron chi connectivity index (χ0n) is 13.9. The van der Waals surface area contributed by atoms with Gasteiger partial charge in [-0.05, 0) is 31.4 Å². The lowest BCUT2D eigenvalue weighted by atomic mass is 10.1. The van der Waals surface area contributed by atoms with Crippen LogP contribution in [0.1, 0.15) is 29.4 Å². The lowest BCUT2D eigenvalue weighted by Crippen LogP contribution is -2.46. The van der Waals surface area contributed by atoms with Gasteiger partial charge in [0.15, 0.2) is 0 Å². The molecule has 6 nitrogen and oxygen atoms in total. The third-order valence-electron chi connectivity index (χ3n) is 4.59. The highest BCUT2D eigenvalue weighted by Crippen LogP contribution is 2.21. The number of nitrogens with zero attached hydrogens (tertiary/aromatic N) is 2. The molecule has 2 aliphatic rings. The molecule has 24 heavy (non-hydrogen) atoms. The molecular formula is C17H22FN3O3. The maximum absolute atomic E-state index is 14.3. The van der Waals surface area contributed by atoms with Crippen LogP contribution in [-0.2, 0) is 9.53 Å². The Hall–Kier alpha value is -2.02. The summed E-state index contributed by atoms with van der Waals surface area (Å²) in [4.78, 5) is 30.2. The van der Waals surface area contributed by atoms with Crippen molar-refractivity contribution in [2.24, 2.45) is 5.92 Å². The number of carbonyl (C=O) groups is 2. The SMILES string of the molecule is Cc1ncccc1C(=O)N1C[C@H](F)[C@H](NC(=O)C2CC(C)CO2)C1. The normalized spacial score (nSPS) is 29.7. The topological polar surface area (TPSA) is 71.5 Å².